The number of rotatable bonds is 8. The maximum atomic E-state index is 13.3. The smallest absolute Gasteiger partial charge is 0.235 e. The summed E-state index contributed by atoms with van der Waals surface area (Å²) in [6, 6.07) is 0. The number of H-pyrrole nitrogens is 1. The molecule has 0 atom stereocenters. The average Bonchev–Trinajstić information content (AvgIpc) is 3.13. The third-order valence-electron chi connectivity index (χ3n) is 5.64. The number of hydrogen-bond donors (Lipinski definition) is 1. The van der Waals surface area contributed by atoms with E-state index in [1.54, 1.807) is 6.20 Å². The number of amides is 1. The normalized spacial score (nSPS) is 26.4. The second-order valence-electron chi connectivity index (χ2n) is 7.16. The van der Waals surface area contributed by atoms with E-state index in [1.807, 2.05) is 11.1 Å². The molecule has 2 bridgehead atoms. The van der Waals surface area contributed by atoms with Crippen LogP contribution in [0.15, 0.2) is 12.4 Å². The van der Waals surface area contributed by atoms with Crippen molar-refractivity contribution >= 4 is 11.9 Å². The highest BCUT2D eigenvalue weighted by atomic mass is 16.2. The van der Waals surface area contributed by atoms with Crippen molar-refractivity contribution in [3.8, 4) is 0 Å². The fourth-order valence-electron chi connectivity index (χ4n) is 4.02. The van der Waals surface area contributed by atoms with E-state index in [0.29, 0.717) is 5.91 Å². The lowest BCUT2D eigenvalue weighted by Gasteiger charge is -2.48. The van der Waals surface area contributed by atoms with Crippen molar-refractivity contribution in [2.24, 2.45) is 5.41 Å². The Morgan fingerprint density at radius 3 is 2.52 bits per heavy atom. The van der Waals surface area contributed by atoms with Gasteiger partial charge >= 0.3 is 0 Å². The fourth-order valence-corrected chi connectivity index (χ4v) is 4.02. The Morgan fingerprint density at radius 2 is 1.91 bits per heavy atom. The van der Waals surface area contributed by atoms with Gasteiger partial charge in [0.1, 0.15) is 0 Å². The summed E-state index contributed by atoms with van der Waals surface area (Å²) in [6.45, 7) is 6.26. The number of unbranched alkanes of at least 4 members (excludes halogenated alkanes) is 4. The first-order valence-corrected chi connectivity index (χ1v) is 9.29. The van der Waals surface area contributed by atoms with Crippen molar-refractivity contribution in [1.29, 1.82) is 0 Å². The molecule has 4 rings (SSSR count). The molecular formula is C18H30N4O. The van der Waals surface area contributed by atoms with Crippen LogP contribution in [-0.4, -0.2) is 47.0 Å². The van der Waals surface area contributed by atoms with Gasteiger partial charge in [-0.3, -0.25) is 9.69 Å². The van der Waals surface area contributed by atoms with Gasteiger partial charge in [-0.05, 0) is 45.3 Å². The topological polar surface area (TPSA) is 52.2 Å². The molecule has 5 nitrogen and oxygen atoms in total. The summed E-state index contributed by atoms with van der Waals surface area (Å²) in [7, 11) is 0. The van der Waals surface area contributed by atoms with Gasteiger partial charge in [-0.15, -0.1) is 0 Å². The van der Waals surface area contributed by atoms with Gasteiger partial charge in [0.05, 0.1) is 5.41 Å². The Morgan fingerprint density at radius 1 is 1.22 bits per heavy atom. The highest BCUT2D eigenvalue weighted by Gasteiger charge is 2.47. The molecular weight excluding hydrogens is 288 g/mol. The van der Waals surface area contributed by atoms with E-state index in [-0.39, 0.29) is 5.41 Å². The van der Waals surface area contributed by atoms with Gasteiger partial charge in [0, 0.05) is 18.9 Å². The molecule has 0 saturated carbocycles. The number of nitrogens with one attached hydrogen (secondary N) is 1. The first-order valence-electron chi connectivity index (χ1n) is 9.29. The number of aromatic nitrogens is 2. The second-order valence-corrected chi connectivity index (χ2v) is 7.16. The van der Waals surface area contributed by atoms with Gasteiger partial charge in [0.15, 0.2) is 0 Å². The Bertz CT molecular complexity index is 477. The summed E-state index contributed by atoms with van der Waals surface area (Å²) in [5, 5.41) is 0. The standard InChI is InChI=1S/C18H30N4O/c1-2-3-4-5-6-12-22(17-19-10-11-20-17)16(23)18-7-13-21(14-8-18)15-9-18/h10-11H,2-9,12-15H2,1H3,(H,19,20). The lowest BCUT2D eigenvalue weighted by molar-refractivity contribution is -0.135. The van der Waals surface area contributed by atoms with E-state index >= 15 is 0 Å². The van der Waals surface area contributed by atoms with E-state index in [1.165, 1.54) is 25.7 Å². The number of aromatic amines is 1. The molecule has 0 unspecified atom stereocenters. The van der Waals surface area contributed by atoms with E-state index < -0.39 is 0 Å². The number of hydrogen-bond acceptors (Lipinski definition) is 3. The Balaban J connectivity index is 1.66. The number of carbonyl (C=O) groups is 1. The number of piperidine rings is 3. The van der Waals surface area contributed by atoms with Crippen LogP contribution in [0.1, 0.15) is 58.3 Å². The molecule has 3 aliphatic rings. The van der Waals surface area contributed by atoms with Gasteiger partial charge in [-0.25, -0.2) is 4.98 Å². The van der Waals surface area contributed by atoms with Gasteiger partial charge in [0.2, 0.25) is 11.9 Å². The molecule has 5 heteroatoms. The van der Waals surface area contributed by atoms with E-state index in [4.69, 9.17) is 0 Å². The third kappa shape index (κ3) is 3.60. The maximum Gasteiger partial charge on any atom is 0.235 e. The van der Waals surface area contributed by atoms with Crippen LogP contribution in [-0.2, 0) is 4.79 Å². The van der Waals surface area contributed by atoms with Crippen LogP contribution in [0.25, 0.3) is 0 Å². The number of fused-ring (bicyclic) bond motifs is 3. The average molecular weight is 318 g/mol. The minimum atomic E-state index is -0.134. The molecule has 23 heavy (non-hydrogen) atoms. The quantitative estimate of drug-likeness (QED) is 0.749. The van der Waals surface area contributed by atoms with E-state index in [9.17, 15) is 4.79 Å². The molecule has 1 aromatic rings. The van der Waals surface area contributed by atoms with Crippen LogP contribution in [0.2, 0.25) is 0 Å². The Hall–Kier alpha value is -1.36. The number of nitrogens with zero attached hydrogens (tertiary/aromatic N) is 3. The molecule has 0 spiro atoms. The van der Waals surface area contributed by atoms with Crippen LogP contribution in [0, 0.1) is 5.41 Å². The molecule has 1 N–H and O–H groups in total. The molecule has 3 fully saturated rings. The minimum Gasteiger partial charge on any atom is -0.331 e. The number of imidazole rings is 1. The first kappa shape index (κ1) is 16.5. The highest BCUT2D eigenvalue weighted by Crippen LogP contribution is 2.42. The zero-order valence-electron chi connectivity index (χ0n) is 14.4. The second kappa shape index (κ2) is 7.47. The van der Waals surface area contributed by atoms with Gasteiger partial charge in [0.25, 0.3) is 0 Å². The van der Waals surface area contributed by atoms with Crippen molar-refractivity contribution in [2.45, 2.75) is 58.3 Å². The zero-order chi connectivity index (χ0) is 16.1. The Labute approximate surface area is 139 Å². The Kier molecular flexibility index (Phi) is 5.36. The van der Waals surface area contributed by atoms with Crippen molar-refractivity contribution < 1.29 is 4.79 Å². The summed E-state index contributed by atoms with van der Waals surface area (Å²) < 4.78 is 0. The predicted molar refractivity (Wildman–Crippen MR) is 92.4 cm³/mol. The molecule has 3 saturated heterocycles. The van der Waals surface area contributed by atoms with Crippen molar-refractivity contribution in [3.63, 3.8) is 0 Å². The summed E-state index contributed by atoms with van der Waals surface area (Å²) in [5.74, 6) is 1.04. The maximum absolute atomic E-state index is 13.3. The monoisotopic (exact) mass is 318 g/mol. The van der Waals surface area contributed by atoms with Crippen LogP contribution in [0.5, 0.6) is 0 Å². The largest absolute Gasteiger partial charge is 0.331 e. The van der Waals surface area contributed by atoms with Crippen molar-refractivity contribution in [1.82, 2.24) is 14.9 Å². The molecule has 4 heterocycles. The van der Waals surface area contributed by atoms with E-state index in [0.717, 1.165) is 57.8 Å². The summed E-state index contributed by atoms with van der Waals surface area (Å²) in [4.78, 5) is 25.3. The minimum absolute atomic E-state index is 0.134. The highest BCUT2D eigenvalue weighted by molar-refractivity contribution is 5.96. The van der Waals surface area contributed by atoms with E-state index in [2.05, 4.69) is 21.8 Å². The zero-order valence-corrected chi connectivity index (χ0v) is 14.4. The number of carbonyl (C=O) groups excluding carboxylic acids is 1. The molecule has 0 aromatic carbocycles. The van der Waals surface area contributed by atoms with Crippen LogP contribution >= 0.6 is 0 Å². The van der Waals surface area contributed by atoms with Crippen LogP contribution in [0.3, 0.4) is 0 Å². The van der Waals surface area contributed by atoms with Crippen molar-refractivity contribution in [3.05, 3.63) is 12.4 Å². The lowest BCUT2D eigenvalue weighted by Crippen LogP contribution is -2.56. The molecule has 0 radical (unpaired) electrons. The van der Waals surface area contributed by atoms with Gasteiger partial charge < -0.3 is 9.88 Å². The molecule has 1 amide bonds. The summed E-state index contributed by atoms with van der Waals surface area (Å²) in [5.41, 5.74) is -0.134. The molecule has 3 aliphatic heterocycles. The lowest BCUT2D eigenvalue weighted by atomic mass is 9.71. The molecule has 1 aromatic heterocycles. The molecule has 128 valence electrons. The van der Waals surface area contributed by atoms with Crippen LogP contribution < -0.4 is 4.90 Å². The summed E-state index contributed by atoms with van der Waals surface area (Å²) in [6.07, 6.45) is 12.7. The van der Waals surface area contributed by atoms with Gasteiger partial charge in [-0.1, -0.05) is 32.6 Å². The SMILES string of the molecule is CCCCCCCN(C(=O)C12CCN(CC1)CC2)c1ncc[nH]1. The molecule has 0 aliphatic carbocycles. The predicted octanol–water partition coefficient (Wildman–Crippen LogP) is 3.20. The summed E-state index contributed by atoms with van der Waals surface area (Å²) >= 11 is 0. The fraction of sp³-hybridized carbons (Fsp3) is 0.778. The van der Waals surface area contributed by atoms with Crippen LogP contribution in [0.4, 0.5) is 5.95 Å². The first-order chi connectivity index (χ1) is 11.2. The third-order valence-corrected chi connectivity index (χ3v) is 5.64. The van der Waals surface area contributed by atoms with Crippen molar-refractivity contribution in [2.75, 3.05) is 31.1 Å². The number of anilines is 1. The van der Waals surface area contributed by atoms with Gasteiger partial charge in [-0.2, -0.15) is 0 Å².